The minimum Gasteiger partial charge on any atom is -0.508 e. The summed E-state index contributed by atoms with van der Waals surface area (Å²) >= 11 is 0. The molecule has 11 nitrogen and oxygen atoms in total. The molecule has 2 aromatic rings. The van der Waals surface area contributed by atoms with Crippen LogP contribution in [0, 0.1) is 11.3 Å². The smallest absolute Gasteiger partial charge is 0.408 e. The minimum absolute atomic E-state index is 0.0979. The van der Waals surface area contributed by atoms with E-state index >= 15 is 0 Å². The van der Waals surface area contributed by atoms with Crippen molar-refractivity contribution in [1.29, 1.82) is 5.26 Å². The topological polar surface area (TPSA) is 158 Å². The van der Waals surface area contributed by atoms with Crippen molar-refractivity contribution in [3.8, 4) is 11.8 Å². The van der Waals surface area contributed by atoms with Crippen LogP contribution in [0.25, 0.3) is 0 Å². The van der Waals surface area contributed by atoms with Crippen LogP contribution in [-0.4, -0.2) is 64.2 Å². The van der Waals surface area contributed by atoms with Crippen molar-refractivity contribution in [1.82, 2.24) is 15.5 Å². The number of phenolic OH excluding ortho intramolecular Hbond substituents is 1. The number of carbonyl (C=O) groups is 4. The van der Waals surface area contributed by atoms with Crippen LogP contribution in [-0.2, 0) is 30.3 Å². The summed E-state index contributed by atoms with van der Waals surface area (Å²) in [5.74, 6) is -2.42. The molecule has 3 amide bonds. The molecule has 220 valence electrons. The van der Waals surface area contributed by atoms with Crippen LogP contribution in [0.2, 0.25) is 0 Å². The molecular weight excluding hydrogens is 528 g/mol. The highest BCUT2D eigenvalue weighted by atomic mass is 16.6. The summed E-state index contributed by atoms with van der Waals surface area (Å²) < 4.78 is 10.7. The third-order valence-corrected chi connectivity index (χ3v) is 5.38. The van der Waals surface area contributed by atoms with Gasteiger partial charge in [-0.25, -0.2) is 9.59 Å². The van der Waals surface area contributed by atoms with E-state index in [-0.39, 0.29) is 17.7 Å². The molecule has 2 rings (SSSR count). The molecule has 0 radical (unpaired) electrons. The Morgan fingerprint density at radius 2 is 1.59 bits per heavy atom. The van der Waals surface area contributed by atoms with Crippen molar-refractivity contribution in [3.05, 3.63) is 65.7 Å². The molecule has 2 aromatic carbocycles. The number of ether oxygens (including phenoxy) is 2. The first-order valence-corrected chi connectivity index (χ1v) is 13.1. The molecule has 0 aliphatic carbocycles. The Labute approximate surface area is 240 Å². The number of carbonyl (C=O) groups excluding carboxylic acids is 4. The lowest BCUT2D eigenvalue weighted by Gasteiger charge is -2.31. The van der Waals surface area contributed by atoms with Crippen molar-refractivity contribution in [2.24, 2.45) is 0 Å². The van der Waals surface area contributed by atoms with Gasteiger partial charge in [0.2, 0.25) is 11.8 Å². The zero-order valence-electron chi connectivity index (χ0n) is 24.3. The maximum absolute atomic E-state index is 13.9. The van der Waals surface area contributed by atoms with Gasteiger partial charge in [-0.05, 0) is 64.8 Å². The number of benzene rings is 2. The molecule has 0 heterocycles. The molecule has 3 N–H and O–H groups in total. The van der Waals surface area contributed by atoms with Gasteiger partial charge in [-0.1, -0.05) is 42.5 Å². The van der Waals surface area contributed by atoms with Crippen molar-refractivity contribution in [3.63, 3.8) is 0 Å². The Morgan fingerprint density at radius 3 is 2.15 bits per heavy atom. The monoisotopic (exact) mass is 566 g/mol. The van der Waals surface area contributed by atoms with Gasteiger partial charge in [-0.2, -0.15) is 5.26 Å². The Bertz CT molecular complexity index is 1260. The fraction of sp³-hybridized carbons (Fsp3) is 0.433. The highest BCUT2D eigenvalue weighted by Crippen LogP contribution is 2.25. The molecule has 2 unspecified atom stereocenters. The number of alkyl carbamates (subject to hydrolysis) is 1. The molecule has 0 spiro atoms. The van der Waals surface area contributed by atoms with E-state index in [2.05, 4.69) is 10.6 Å². The second-order valence-electron chi connectivity index (χ2n) is 11.3. The molecular formula is C30H38N4O7. The summed E-state index contributed by atoms with van der Waals surface area (Å²) in [6.07, 6.45) is -0.755. The number of hydrogen-bond donors (Lipinski definition) is 3. The zero-order valence-corrected chi connectivity index (χ0v) is 24.3. The van der Waals surface area contributed by atoms with Crippen molar-refractivity contribution in [2.75, 3.05) is 13.1 Å². The van der Waals surface area contributed by atoms with Crippen molar-refractivity contribution < 1.29 is 33.8 Å². The SMILES string of the molecule is CC(C)(C)OC(=O)NCC(=O)N(CC#N)C(C(=O)NC(Cc1ccccc1)C(=O)OC(C)(C)C)c1cccc(O)c1. The number of nitrogens with one attached hydrogen (secondary N) is 2. The lowest BCUT2D eigenvalue weighted by Crippen LogP contribution is -2.52. The maximum Gasteiger partial charge on any atom is 0.408 e. The molecule has 0 aliphatic heterocycles. The van der Waals surface area contributed by atoms with Gasteiger partial charge in [0.1, 0.15) is 42.1 Å². The van der Waals surface area contributed by atoms with Crippen molar-refractivity contribution in [2.45, 2.75) is 71.2 Å². The van der Waals surface area contributed by atoms with Crippen molar-refractivity contribution >= 4 is 23.9 Å². The van der Waals surface area contributed by atoms with Gasteiger partial charge in [-0.3, -0.25) is 9.59 Å². The second kappa shape index (κ2) is 14.2. The van der Waals surface area contributed by atoms with Crippen LogP contribution in [0.1, 0.15) is 58.7 Å². The number of amides is 3. The summed E-state index contributed by atoms with van der Waals surface area (Å²) in [6, 6.07) is 13.9. The maximum atomic E-state index is 13.9. The molecule has 11 heteroatoms. The van der Waals surface area contributed by atoms with Crippen LogP contribution in [0.5, 0.6) is 5.75 Å². The molecule has 2 atom stereocenters. The van der Waals surface area contributed by atoms with Crippen LogP contribution < -0.4 is 10.6 Å². The minimum atomic E-state index is -1.43. The van der Waals surface area contributed by atoms with Gasteiger partial charge in [0.25, 0.3) is 0 Å². The van der Waals surface area contributed by atoms with Crippen LogP contribution in [0.15, 0.2) is 54.6 Å². The predicted molar refractivity (Wildman–Crippen MR) is 150 cm³/mol. The third-order valence-electron chi connectivity index (χ3n) is 5.38. The molecule has 0 saturated heterocycles. The summed E-state index contributed by atoms with van der Waals surface area (Å²) in [5.41, 5.74) is -0.703. The summed E-state index contributed by atoms with van der Waals surface area (Å²) in [5, 5.41) is 24.7. The third kappa shape index (κ3) is 11.2. The van der Waals surface area contributed by atoms with E-state index in [9.17, 15) is 29.5 Å². The highest BCUT2D eigenvalue weighted by Gasteiger charge is 2.35. The van der Waals surface area contributed by atoms with Crippen LogP contribution >= 0.6 is 0 Å². The Morgan fingerprint density at radius 1 is 0.951 bits per heavy atom. The zero-order chi connectivity index (χ0) is 30.8. The van der Waals surface area contributed by atoms with Crippen LogP contribution in [0.3, 0.4) is 0 Å². The Balaban J connectivity index is 2.43. The first-order valence-electron chi connectivity index (χ1n) is 13.1. The van der Waals surface area contributed by atoms with Gasteiger partial charge in [0.05, 0.1) is 6.07 Å². The number of phenols is 1. The first kappa shape index (κ1) is 32.6. The number of rotatable bonds is 10. The molecule has 0 saturated carbocycles. The van der Waals surface area contributed by atoms with Crippen LogP contribution in [0.4, 0.5) is 4.79 Å². The summed E-state index contributed by atoms with van der Waals surface area (Å²) in [4.78, 5) is 53.4. The average Bonchev–Trinajstić information content (AvgIpc) is 2.85. The van der Waals surface area contributed by atoms with Gasteiger partial charge in [0, 0.05) is 6.42 Å². The number of hydrogen-bond acceptors (Lipinski definition) is 8. The first-order chi connectivity index (χ1) is 19.1. The Kier molecular flexibility index (Phi) is 11.3. The van der Waals surface area contributed by atoms with E-state index in [1.807, 2.05) is 12.1 Å². The lowest BCUT2D eigenvalue weighted by atomic mass is 10.0. The van der Waals surface area contributed by atoms with E-state index in [0.29, 0.717) is 0 Å². The van der Waals surface area contributed by atoms with E-state index < -0.39 is 60.3 Å². The average molecular weight is 567 g/mol. The normalized spacial score (nSPS) is 12.7. The second-order valence-corrected chi connectivity index (χ2v) is 11.3. The number of nitriles is 1. The van der Waals surface area contributed by atoms with E-state index in [0.717, 1.165) is 10.5 Å². The fourth-order valence-electron chi connectivity index (χ4n) is 3.80. The lowest BCUT2D eigenvalue weighted by molar-refractivity contribution is -0.159. The quantitative estimate of drug-likeness (QED) is 0.292. The molecule has 0 fully saturated rings. The van der Waals surface area contributed by atoms with Gasteiger partial charge in [0.15, 0.2) is 0 Å². The molecule has 41 heavy (non-hydrogen) atoms. The number of esters is 1. The predicted octanol–water partition coefficient (Wildman–Crippen LogP) is 3.38. The summed E-state index contributed by atoms with van der Waals surface area (Å²) in [7, 11) is 0. The molecule has 0 aromatic heterocycles. The van der Waals surface area contributed by atoms with Gasteiger partial charge in [-0.15, -0.1) is 0 Å². The fourth-order valence-corrected chi connectivity index (χ4v) is 3.80. The number of nitrogens with zero attached hydrogens (tertiary/aromatic N) is 2. The molecule has 0 bridgehead atoms. The Hall–Kier alpha value is -4.59. The van der Waals surface area contributed by atoms with Gasteiger partial charge >= 0.3 is 12.1 Å². The highest BCUT2D eigenvalue weighted by molar-refractivity contribution is 5.93. The largest absolute Gasteiger partial charge is 0.508 e. The summed E-state index contributed by atoms with van der Waals surface area (Å²) in [6.45, 7) is 8.99. The molecule has 0 aliphatic rings. The van der Waals surface area contributed by atoms with Gasteiger partial charge < -0.3 is 30.1 Å². The number of aromatic hydroxyl groups is 1. The standard InChI is InChI=1S/C30H38N4O7/c1-29(2,3)40-27(38)23(17-20-11-8-7-9-12-20)33-26(37)25(21-13-10-14-22(35)18-21)34(16-15-31)24(36)19-32-28(39)41-30(4,5)6/h7-14,18,23,25,35H,16-17,19H2,1-6H3,(H,32,39)(H,33,37). The van der Waals surface area contributed by atoms with E-state index in [1.165, 1.54) is 24.3 Å². The van der Waals surface area contributed by atoms with E-state index in [1.54, 1.807) is 65.8 Å². The van der Waals surface area contributed by atoms with E-state index in [4.69, 9.17) is 9.47 Å².